The van der Waals surface area contributed by atoms with Crippen LogP contribution in [0.1, 0.15) is 57.5 Å². The molecule has 2 atom stereocenters. The van der Waals surface area contributed by atoms with Crippen molar-refractivity contribution in [2.75, 3.05) is 0 Å². The molecule has 1 aliphatic rings. The van der Waals surface area contributed by atoms with E-state index in [1.165, 1.54) is 15.9 Å². The van der Waals surface area contributed by atoms with Crippen LogP contribution in [0, 0.1) is 12.8 Å². The number of nitrogens with zero attached hydrogens (tertiary/aromatic N) is 2. The third-order valence-electron chi connectivity index (χ3n) is 4.89. The lowest BCUT2D eigenvalue weighted by atomic mass is 10.2. The van der Waals surface area contributed by atoms with Crippen LogP contribution in [-0.4, -0.2) is 20.8 Å². The summed E-state index contributed by atoms with van der Waals surface area (Å²) in [6.45, 7) is 12.0. The van der Waals surface area contributed by atoms with E-state index in [-0.39, 0.29) is 17.3 Å². The Bertz CT molecular complexity index is 1030. The summed E-state index contributed by atoms with van der Waals surface area (Å²) in [6, 6.07) is -0.00286. The van der Waals surface area contributed by atoms with Crippen LogP contribution in [0.25, 0.3) is 10.2 Å². The third kappa shape index (κ3) is 3.86. The molecule has 3 rings (SSSR count). The number of hydrogen-bond acceptors (Lipinski definition) is 6. The van der Waals surface area contributed by atoms with E-state index in [0.717, 1.165) is 16.9 Å². The molecule has 0 unspecified atom stereocenters. The Balaban J connectivity index is 1.91. The van der Waals surface area contributed by atoms with Gasteiger partial charge in [-0.1, -0.05) is 6.92 Å². The van der Waals surface area contributed by atoms with E-state index in [2.05, 4.69) is 17.8 Å². The number of fused-ring (bicyclic) bond motifs is 1. The van der Waals surface area contributed by atoms with Gasteiger partial charge in [0.25, 0.3) is 5.56 Å². The number of amides is 1. The van der Waals surface area contributed by atoms with Gasteiger partial charge >= 0.3 is 11.8 Å². The van der Waals surface area contributed by atoms with Crippen LogP contribution in [0.5, 0.6) is 0 Å². The number of hydrogen-bond donors (Lipinski definition) is 2. The van der Waals surface area contributed by atoms with E-state index in [9.17, 15) is 14.4 Å². The monoisotopic (exact) mass is 408 g/mol. The Labute approximate surface area is 167 Å². The summed E-state index contributed by atoms with van der Waals surface area (Å²) in [4.78, 5) is 39.3. The van der Waals surface area contributed by atoms with E-state index in [0.29, 0.717) is 29.2 Å². The number of aryl methyl sites for hydroxylation is 2. The van der Waals surface area contributed by atoms with Crippen molar-refractivity contribution >= 4 is 27.6 Å². The Hall–Kier alpha value is -2.13. The molecule has 0 aliphatic heterocycles. The van der Waals surface area contributed by atoms with E-state index < -0.39 is 11.7 Å². The van der Waals surface area contributed by atoms with E-state index in [4.69, 9.17) is 4.74 Å². The second-order valence-corrected chi connectivity index (χ2v) is 9.38. The first kappa shape index (κ1) is 20.6. The molecule has 2 heterocycles. The summed E-state index contributed by atoms with van der Waals surface area (Å²) < 4.78 is 8.28. The number of rotatable bonds is 5. The maximum Gasteiger partial charge on any atom is 0.422 e. The first-order valence-electron chi connectivity index (χ1n) is 9.54. The molecule has 0 spiro atoms. The van der Waals surface area contributed by atoms with Crippen LogP contribution in [0.2, 0.25) is 0 Å². The molecular weight excluding hydrogens is 380 g/mol. The maximum absolute atomic E-state index is 13.1. The van der Waals surface area contributed by atoms with Crippen molar-refractivity contribution in [3.05, 3.63) is 31.3 Å². The van der Waals surface area contributed by atoms with Crippen LogP contribution in [0.3, 0.4) is 0 Å². The molecule has 1 aliphatic carbocycles. The topological polar surface area (TPSA) is 94.4 Å². The highest BCUT2D eigenvalue weighted by molar-refractivity contribution is 7.18. The summed E-state index contributed by atoms with van der Waals surface area (Å²) in [5.41, 5.74) is 5.16. The molecule has 2 aromatic rings. The highest BCUT2D eigenvalue weighted by Crippen LogP contribution is 2.41. The van der Waals surface area contributed by atoms with Crippen molar-refractivity contribution in [1.29, 1.82) is 0 Å². The normalized spacial score (nSPS) is 19.1. The highest BCUT2D eigenvalue weighted by atomic mass is 32.1. The van der Waals surface area contributed by atoms with Crippen molar-refractivity contribution in [2.24, 2.45) is 5.92 Å². The van der Waals surface area contributed by atoms with Gasteiger partial charge in [-0.3, -0.25) is 19.4 Å². The molecular formula is C19H28N4O4S. The van der Waals surface area contributed by atoms with Gasteiger partial charge in [0.1, 0.15) is 10.4 Å². The number of hydrazine groups is 1. The smallest absolute Gasteiger partial charge is 0.422 e. The van der Waals surface area contributed by atoms with Crippen LogP contribution in [0.15, 0.2) is 9.59 Å². The summed E-state index contributed by atoms with van der Waals surface area (Å²) in [5, 5.41) is 0.597. The molecule has 0 saturated heterocycles. The van der Waals surface area contributed by atoms with Crippen LogP contribution in [-0.2, 0) is 17.8 Å². The second-order valence-electron chi connectivity index (χ2n) is 8.29. The second kappa shape index (κ2) is 7.36. The van der Waals surface area contributed by atoms with Crippen molar-refractivity contribution in [1.82, 2.24) is 20.0 Å². The van der Waals surface area contributed by atoms with Gasteiger partial charge < -0.3 is 4.74 Å². The summed E-state index contributed by atoms with van der Waals surface area (Å²) in [5.74, 6) is 0.353. The maximum atomic E-state index is 13.1. The van der Waals surface area contributed by atoms with Crippen LogP contribution >= 0.6 is 11.3 Å². The van der Waals surface area contributed by atoms with Gasteiger partial charge in [-0.25, -0.2) is 15.0 Å². The van der Waals surface area contributed by atoms with Gasteiger partial charge in [-0.05, 0) is 52.5 Å². The van der Waals surface area contributed by atoms with Gasteiger partial charge in [0.15, 0.2) is 0 Å². The largest absolute Gasteiger partial charge is 0.443 e. The summed E-state index contributed by atoms with van der Waals surface area (Å²) in [6.07, 6.45) is 0.295. The van der Waals surface area contributed by atoms with Crippen molar-refractivity contribution < 1.29 is 9.53 Å². The number of thiophene rings is 1. The van der Waals surface area contributed by atoms with Gasteiger partial charge in [-0.2, -0.15) is 0 Å². The van der Waals surface area contributed by atoms with E-state index in [1.54, 1.807) is 25.3 Å². The van der Waals surface area contributed by atoms with Gasteiger partial charge in [-0.15, -0.1) is 11.3 Å². The Kier molecular flexibility index (Phi) is 5.42. The molecule has 2 aromatic heterocycles. The first-order valence-corrected chi connectivity index (χ1v) is 10.4. The molecule has 154 valence electrons. The molecule has 1 amide bonds. The molecule has 9 heteroatoms. The minimum absolute atomic E-state index is 0.00286. The van der Waals surface area contributed by atoms with E-state index in [1.807, 2.05) is 13.8 Å². The SMILES string of the molecule is CCn1c(=O)n([C@H]2C[C@@H]2C)c(=O)c2c(C)c(CNNC(=O)OC(C)(C)C)sc21. The summed E-state index contributed by atoms with van der Waals surface area (Å²) >= 11 is 1.40. The molecule has 28 heavy (non-hydrogen) atoms. The number of carbonyl (C=O) groups is 1. The average Bonchev–Trinajstić information content (AvgIpc) is 3.18. The molecule has 1 fully saturated rings. The molecule has 8 nitrogen and oxygen atoms in total. The number of ether oxygens (including phenoxy) is 1. The minimum atomic E-state index is -0.582. The Morgan fingerprint density at radius 3 is 2.50 bits per heavy atom. The van der Waals surface area contributed by atoms with Crippen molar-refractivity contribution in [3.63, 3.8) is 0 Å². The van der Waals surface area contributed by atoms with Crippen LogP contribution in [0.4, 0.5) is 4.79 Å². The molecule has 0 bridgehead atoms. The zero-order valence-corrected chi connectivity index (χ0v) is 18.0. The predicted octanol–water partition coefficient (Wildman–Crippen LogP) is 2.66. The predicted molar refractivity (Wildman–Crippen MR) is 110 cm³/mol. The average molecular weight is 409 g/mol. The van der Waals surface area contributed by atoms with E-state index >= 15 is 0 Å². The fourth-order valence-corrected chi connectivity index (χ4v) is 4.61. The van der Waals surface area contributed by atoms with Crippen molar-refractivity contribution in [2.45, 2.75) is 72.7 Å². The van der Waals surface area contributed by atoms with Gasteiger partial charge in [0, 0.05) is 24.0 Å². The zero-order chi connectivity index (χ0) is 20.8. The number of carbonyl (C=O) groups excluding carboxylic acids is 1. The standard InChI is InChI=1S/C19H28N4O4S/c1-7-22-16-14(15(24)23(18(22)26)12-8-10(12)2)11(3)13(28-16)9-20-21-17(25)27-19(4,5)6/h10,12,20H,7-9H2,1-6H3,(H,21,25)/t10-,12-/m0/s1. The molecule has 0 aromatic carbocycles. The van der Waals surface area contributed by atoms with Crippen LogP contribution < -0.4 is 22.1 Å². The minimum Gasteiger partial charge on any atom is -0.443 e. The first-order chi connectivity index (χ1) is 13.0. The fraction of sp³-hybridized carbons (Fsp3) is 0.632. The molecule has 2 N–H and O–H groups in total. The lowest BCUT2D eigenvalue weighted by molar-refractivity contribution is 0.0497. The number of nitrogens with one attached hydrogen (secondary N) is 2. The Morgan fingerprint density at radius 2 is 1.96 bits per heavy atom. The third-order valence-corrected chi connectivity index (χ3v) is 6.21. The fourth-order valence-electron chi connectivity index (χ4n) is 3.31. The lowest BCUT2D eigenvalue weighted by Gasteiger charge is -2.19. The van der Waals surface area contributed by atoms with Crippen molar-refractivity contribution in [3.8, 4) is 0 Å². The number of aromatic nitrogens is 2. The Morgan fingerprint density at radius 1 is 1.32 bits per heavy atom. The quantitative estimate of drug-likeness (QED) is 0.742. The van der Waals surface area contributed by atoms with Gasteiger partial charge in [0.2, 0.25) is 0 Å². The molecule has 1 saturated carbocycles. The molecule has 0 radical (unpaired) electrons. The van der Waals surface area contributed by atoms with Gasteiger partial charge in [0.05, 0.1) is 5.39 Å². The lowest BCUT2D eigenvalue weighted by Crippen LogP contribution is -2.40. The zero-order valence-electron chi connectivity index (χ0n) is 17.2. The summed E-state index contributed by atoms with van der Waals surface area (Å²) in [7, 11) is 0. The highest BCUT2D eigenvalue weighted by Gasteiger charge is 2.38.